The Labute approximate surface area is 120 Å². The van der Waals surface area contributed by atoms with Crippen LogP contribution in [0.3, 0.4) is 0 Å². The summed E-state index contributed by atoms with van der Waals surface area (Å²) in [7, 11) is 0. The normalized spacial score (nSPS) is 11.0. The maximum Gasteiger partial charge on any atom is 0.165 e. The summed E-state index contributed by atoms with van der Waals surface area (Å²) in [6, 6.07) is 5.08. The number of benzene rings is 1. The summed E-state index contributed by atoms with van der Waals surface area (Å²) in [6.45, 7) is 10.4. The van der Waals surface area contributed by atoms with E-state index in [0.717, 1.165) is 17.1 Å². The molecular formula is C15H25FNOS+. The van der Waals surface area contributed by atoms with Gasteiger partial charge < -0.3 is 9.64 Å². The molecule has 0 radical (unpaired) electrons. The van der Waals surface area contributed by atoms with Crippen LogP contribution in [0.25, 0.3) is 0 Å². The summed E-state index contributed by atoms with van der Waals surface area (Å²) in [5.74, 6) is 2.14. The number of hydrogen-bond donors (Lipinski definition) is 1. The molecule has 0 fully saturated rings. The van der Waals surface area contributed by atoms with Crippen molar-refractivity contribution in [2.24, 2.45) is 0 Å². The van der Waals surface area contributed by atoms with Crippen molar-refractivity contribution >= 4 is 11.8 Å². The molecule has 0 aliphatic rings. The van der Waals surface area contributed by atoms with Gasteiger partial charge in [0, 0.05) is 11.5 Å². The van der Waals surface area contributed by atoms with Gasteiger partial charge in [-0.1, -0.05) is 6.07 Å². The van der Waals surface area contributed by atoms with Gasteiger partial charge in [0.05, 0.1) is 26.2 Å². The molecule has 0 aromatic heterocycles. The topological polar surface area (TPSA) is 13.7 Å². The average Bonchev–Trinajstić information content (AvgIpc) is 2.40. The van der Waals surface area contributed by atoms with Crippen LogP contribution in [0.4, 0.5) is 4.39 Å². The van der Waals surface area contributed by atoms with Crippen molar-refractivity contribution in [3.63, 3.8) is 0 Å². The number of halogens is 1. The van der Waals surface area contributed by atoms with Gasteiger partial charge in [-0.15, -0.1) is 0 Å². The second-order valence-corrected chi connectivity index (χ2v) is 5.83. The number of rotatable bonds is 9. The molecule has 1 aromatic rings. The zero-order chi connectivity index (χ0) is 14.1. The summed E-state index contributed by atoms with van der Waals surface area (Å²) in [5.41, 5.74) is 0.918. The number of nitrogens with one attached hydrogen (secondary N) is 1. The van der Waals surface area contributed by atoms with Crippen LogP contribution in [0.5, 0.6) is 5.75 Å². The Balaban J connectivity index is 2.14. The van der Waals surface area contributed by atoms with E-state index in [1.54, 1.807) is 11.0 Å². The van der Waals surface area contributed by atoms with Crippen molar-refractivity contribution in [2.45, 2.75) is 20.8 Å². The first-order valence-corrected chi connectivity index (χ1v) is 8.13. The van der Waals surface area contributed by atoms with E-state index < -0.39 is 0 Å². The number of aryl methyl sites for hydroxylation is 1. The Bertz CT molecular complexity index is 369. The summed E-state index contributed by atoms with van der Waals surface area (Å²) in [4.78, 5) is 1.62. The molecule has 0 bridgehead atoms. The van der Waals surface area contributed by atoms with Crippen molar-refractivity contribution < 1.29 is 14.0 Å². The Morgan fingerprint density at radius 1 is 1.21 bits per heavy atom. The number of hydrogen-bond acceptors (Lipinski definition) is 2. The third-order valence-corrected chi connectivity index (χ3v) is 4.12. The Morgan fingerprint density at radius 3 is 2.58 bits per heavy atom. The molecular weight excluding hydrogens is 261 g/mol. The first-order chi connectivity index (χ1) is 9.17. The number of quaternary nitrogens is 1. The molecule has 0 spiro atoms. The highest BCUT2D eigenvalue weighted by molar-refractivity contribution is 7.99. The SMILES string of the molecule is CC[NH+](CC)CCSCCOc1ccc(C)cc1F. The maximum atomic E-state index is 13.5. The van der Waals surface area contributed by atoms with Crippen LogP contribution in [0, 0.1) is 12.7 Å². The molecule has 1 N–H and O–H groups in total. The zero-order valence-electron chi connectivity index (χ0n) is 12.2. The van der Waals surface area contributed by atoms with Gasteiger partial charge in [-0.05, 0) is 38.5 Å². The van der Waals surface area contributed by atoms with Gasteiger partial charge in [-0.3, -0.25) is 0 Å². The highest BCUT2D eigenvalue weighted by Gasteiger charge is 2.04. The van der Waals surface area contributed by atoms with Gasteiger partial charge in [0.25, 0.3) is 0 Å². The summed E-state index contributed by atoms with van der Waals surface area (Å²) in [5, 5.41) is 0. The van der Waals surface area contributed by atoms with Crippen molar-refractivity contribution in [3.8, 4) is 5.75 Å². The van der Waals surface area contributed by atoms with Crippen LogP contribution in [0.1, 0.15) is 19.4 Å². The minimum absolute atomic E-state index is 0.266. The molecule has 0 saturated heterocycles. The van der Waals surface area contributed by atoms with E-state index in [-0.39, 0.29) is 5.82 Å². The molecule has 0 aliphatic carbocycles. The molecule has 1 aromatic carbocycles. The van der Waals surface area contributed by atoms with E-state index in [1.807, 2.05) is 24.8 Å². The second-order valence-electron chi connectivity index (χ2n) is 4.60. The fourth-order valence-corrected chi connectivity index (χ4v) is 2.69. The third-order valence-electron chi connectivity index (χ3n) is 3.17. The van der Waals surface area contributed by atoms with Gasteiger partial charge in [-0.25, -0.2) is 4.39 Å². The van der Waals surface area contributed by atoms with Crippen LogP contribution >= 0.6 is 11.8 Å². The molecule has 2 nitrogen and oxygen atoms in total. The smallest absolute Gasteiger partial charge is 0.165 e. The van der Waals surface area contributed by atoms with E-state index in [2.05, 4.69) is 13.8 Å². The van der Waals surface area contributed by atoms with Crippen LogP contribution in [0.2, 0.25) is 0 Å². The molecule has 19 heavy (non-hydrogen) atoms. The van der Waals surface area contributed by atoms with Crippen molar-refractivity contribution in [3.05, 3.63) is 29.6 Å². The first kappa shape index (κ1) is 16.3. The standard InChI is InChI=1S/C15H24FNOS/c1-4-17(5-2)8-10-19-11-9-18-15-7-6-13(3)12-14(15)16/h6-7,12H,4-5,8-11H2,1-3H3/p+1. The molecule has 0 amide bonds. The van der Waals surface area contributed by atoms with Gasteiger partial charge in [0.15, 0.2) is 11.6 Å². The van der Waals surface area contributed by atoms with Crippen LogP contribution < -0.4 is 9.64 Å². The van der Waals surface area contributed by atoms with Crippen molar-refractivity contribution in [1.29, 1.82) is 0 Å². The molecule has 0 heterocycles. The molecule has 108 valence electrons. The van der Waals surface area contributed by atoms with Gasteiger partial charge >= 0.3 is 0 Å². The summed E-state index contributed by atoms with van der Waals surface area (Å²) < 4.78 is 18.9. The van der Waals surface area contributed by atoms with Gasteiger partial charge in [-0.2, -0.15) is 11.8 Å². The Kier molecular flexibility index (Phi) is 7.91. The molecule has 0 saturated carbocycles. The monoisotopic (exact) mass is 286 g/mol. The maximum absolute atomic E-state index is 13.5. The first-order valence-electron chi connectivity index (χ1n) is 6.97. The lowest BCUT2D eigenvalue weighted by atomic mass is 10.2. The van der Waals surface area contributed by atoms with E-state index in [0.29, 0.717) is 12.4 Å². The molecule has 0 unspecified atom stereocenters. The quantitative estimate of drug-likeness (QED) is 0.699. The summed E-state index contributed by atoms with van der Waals surface area (Å²) >= 11 is 1.87. The van der Waals surface area contributed by atoms with E-state index in [9.17, 15) is 4.39 Å². The molecule has 0 atom stereocenters. The number of ether oxygens (including phenoxy) is 1. The van der Waals surface area contributed by atoms with Crippen LogP contribution in [-0.2, 0) is 0 Å². The lowest BCUT2D eigenvalue weighted by molar-refractivity contribution is -0.893. The second kappa shape index (κ2) is 9.21. The highest BCUT2D eigenvalue weighted by Crippen LogP contribution is 2.18. The third kappa shape index (κ3) is 6.30. The lowest BCUT2D eigenvalue weighted by Gasteiger charge is -2.14. The molecule has 1 rings (SSSR count). The van der Waals surface area contributed by atoms with E-state index in [1.165, 1.54) is 25.7 Å². The molecule has 4 heteroatoms. The average molecular weight is 286 g/mol. The fraction of sp³-hybridized carbons (Fsp3) is 0.600. The van der Waals surface area contributed by atoms with Gasteiger partial charge in [0.2, 0.25) is 0 Å². The fourth-order valence-electron chi connectivity index (χ4n) is 1.86. The number of thioether (sulfide) groups is 1. The predicted molar refractivity (Wildman–Crippen MR) is 80.9 cm³/mol. The largest absolute Gasteiger partial charge is 0.490 e. The van der Waals surface area contributed by atoms with Crippen molar-refractivity contribution in [1.82, 2.24) is 0 Å². The minimum Gasteiger partial charge on any atom is -0.490 e. The summed E-state index contributed by atoms with van der Waals surface area (Å²) in [6.07, 6.45) is 0. The van der Waals surface area contributed by atoms with Crippen LogP contribution in [0.15, 0.2) is 18.2 Å². The van der Waals surface area contributed by atoms with Crippen molar-refractivity contribution in [2.75, 3.05) is 37.7 Å². The van der Waals surface area contributed by atoms with Gasteiger partial charge in [0.1, 0.15) is 0 Å². The Hall–Kier alpha value is -0.740. The minimum atomic E-state index is -0.266. The van der Waals surface area contributed by atoms with E-state index >= 15 is 0 Å². The molecule has 0 aliphatic heterocycles. The lowest BCUT2D eigenvalue weighted by Crippen LogP contribution is -3.11. The zero-order valence-corrected chi connectivity index (χ0v) is 13.0. The Morgan fingerprint density at radius 2 is 1.95 bits per heavy atom. The highest BCUT2D eigenvalue weighted by atomic mass is 32.2. The van der Waals surface area contributed by atoms with E-state index in [4.69, 9.17) is 4.74 Å². The van der Waals surface area contributed by atoms with Crippen LogP contribution in [-0.4, -0.2) is 37.7 Å². The predicted octanol–water partition coefficient (Wildman–Crippen LogP) is 2.17.